The molecule has 0 radical (unpaired) electrons. The molecule has 0 spiro atoms. The third-order valence-corrected chi connectivity index (χ3v) is 6.17. The van der Waals surface area contributed by atoms with Crippen LogP contribution in [0.1, 0.15) is 35.1 Å². The summed E-state index contributed by atoms with van der Waals surface area (Å²) in [6.07, 6.45) is 0. The zero-order chi connectivity index (χ0) is 23.4. The third-order valence-electron chi connectivity index (χ3n) is 6.17. The van der Waals surface area contributed by atoms with Gasteiger partial charge in [0, 0.05) is 25.1 Å². The minimum absolute atomic E-state index is 0.404. The van der Waals surface area contributed by atoms with Crippen molar-refractivity contribution in [2.24, 2.45) is 14.1 Å². The van der Waals surface area contributed by atoms with Crippen molar-refractivity contribution in [3.05, 3.63) is 97.2 Å². The first-order valence-corrected chi connectivity index (χ1v) is 10.4. The van der Waals surface area contributed by atoms with Gasteiger partial charge in [-0.25, -0.2) is 14.4 Å². The van der Waals surface area contributed by atoms with Gasteiger partial charge in [-0.1, -0.05) is 30.3 Å². The van der Waals surface area contributed by atoms with Crippen LogP contribution in [0.15, 0.2) is 63.7 Å². The summed E-state index contributed by atoms with van der Waals surface area (Å²) in [6, 6.07) is 14.9. The number of hydrogen-bond donors (Lipinski definition) is 1. The minimum atomic E-state index is -0.575. The van der Waals surface area contributed by atoms with Crippen molar-refractivity contribution in [3.8, 4) is 5.75 Å². The Hall–Kier alpha value is -4.20. The summed E-state index contributed by atoms with van der Waals surface area (Å²) in [4.78, 5) is 41.5. The summed E-state index contributed by atoms with van der Waals surface area (Å²) >= 11 is 0. The number of carbonyl (C=O) groups is 1. The first-order valence-electron chi connectivity index (χ1n) is 10.4. The van der Waals surface area contributed by atoms with Crippen molar-refractivity contribution >= 4 is 23.3 Å². The van der Waals surface area contributed by atoms with E-state index in [2.05, 4.69) is 4.99 Å². The third kappa shape index (κ3) is 2.98. The van der Waals surface area contributed by atoms with Gasteiger partial charge in [-0.3, -0.25) is 9.59 Å². The highest BCUT2D eigenvalue weighted by atomic mass is 16.5. The number of hydrogen-bond acceptors (Lipinski definition) is 5. The van der Waals surface area contributed by atoms with E-state index in [9.17, 15) is 14.4 Å². The molecule has 0 fully saturated rings. The molecule has 2 aliphatic rings. The van der Waals surface area contributed by atoms with E-state index >= 15 is 0 Å². The maximum atomic E-state index is 13.4. The second-order valence-electron chi connectivity index (χ2n) is 8.06. The van der Waals surface area contributed by atoms with Crippen LogP contribution >= 0.6 is 0 Å². The standard InChI is InChI=1S/C25H21N3O5/c1-13(29)33-22-17-8-6-5-7-16(17)21-19(22)18(14-9-11-15(32-4)12-10-14)20-23(26-21)27(2)25(31)28(3)24(20)30/h5-12,18H,1-4H3/p+1. The molecule has 1 aromatic heterocycles. The van der Waals surface area contributed by atoms with E-state index < -0.39 is 23.1 Å². The lowest BCUT2D eigenvalue weighted by atomic mass is 9.81. The van der Waals surface area contributed by atoms with Crippen molar-refractivity contribution in [2.75, 3.05) is 7.11 Å². The van der Waals surface area contributed by atoms with E-state index in [-0.39, 0.29) is 0 Å². The zero-order valence-electron chi connectivity index (χ0n) is 18.6. The van der Waals surface area contributed by atoms with Gasteiger partial charge in [-0.2, -0.15) is 4.57 Å². The molecule has 2 aromatic carbocycles. The summed E-state index contributed by atoms with van der Waals surface area (Å²) in [6.45, 7) is 1.35. The number of esters is 1. The molecule has 1 N–H and O–H groups in total. The number of allylic oxidation sites excluding steroid dienone is 1. The van der Waals surface area contributed by atoms with Gasteiger partial charge in [-0.15, -0.1) is 0 Å². The lowest BCUT2D eigenvalue weighted by molar-refractivity contribution is -0.364. The van der Waals surface area contributed by atoms with E-state index in [0.29, 0.717) is 34.2 Å². The van der Waals surface area contributed by atoms with Gasteiger partial charge in [0.1, 0.15) is 22.8 Å². The molecular weight excluding hydrogens is 422 g/mol. The van der Waals surface area contributed by atoms with Crippen LogP contribution in [0.25, 0.3) is 5.76 Å². The molecule has 166 valence electrons. The number of nitrogens with zero attached hydrogens (tertiary/aromatic N) is 2. The van der Waals surface area contributed by atoms with E-state index in [1.165, 1.54) is 18.5 Å². The van der Waals surface area contributed by atoms with Crippen molar-refractivity contribution in [3.63, 3.8) is 0 Å². The van der Waals surface area contributed by atoms with Crippen LogP contribution in [0.4, 0.5) is 5.82 Å². The number of methoxy groups -OCH3 is 1. The molecule has 1 aliphatic carbocycles. The van der Waals surface area contributed by atoms with E-state index in [1.54, 1.807) is 14.2 Å². The molecule has 2 heterocycles. The normalized spacial score (nSPS) is 16.0. The summed E-state index contributed by atoms with van der Waals surface area (Å²) in [5.74, 6) is 0.467. The molecule has 3 aromatic rings. The topological polar surface area (TPSA) is 93.5 Å². The second-order valence-corrected chi connectivity index (χ2v) is 8.06. The van der Waals surface area contributed by atoms with Gasteiger partial charge < -0.3 is 9.47 Å². The van der Waals surface area contributed by atoms with Crippen LogP contribution in [0.2, 0.25) is 0 Å². The molecule has 0 saturated heterocycles. The van der Waals surface area contributed by atoms with Crippen LogP contribution in [0.3, 0.4) is 0 Å². The number of ether oxygens (including phenoxy) is 2. The Labute approximate surface area is 189 Å². The van der Waals surface area contributed by atoms with Crippen LogP contribution in [0, 0.1) is 0 Å². The first-order chi connectivity index (χ1) is 15.8. The summed E-state index contributed by atoms with van der Waals surface area (Å²) in [5.41, 5.74) is 3.34. The fourth-order valence-corrected chi connectivity index (χ4v) is 4.64. The van der Waals surface area contributed by atoms with Crippen LogP contribution < -0.4 is 21.0 Å². The Morgan fingerprint density at radius 2 is 1.64 bits per heavy atom. The highest BCUT2D eigenvalue weighted by molar-refractivity contribution is 6.22. The van der Waals surface area contributed by atoms with Crippen molar-refractivity contribution in [1.82, 2.24) is 9.13 Å². The van der Waals surface area contributed by atoms with Gasteiger partial charge in [0.05, 0.1) is 25.6 Å². The van der Waals surface area contributed by atoms with Crippen LogP contribution in [-0.4, -0.2) is 27.9 Å². The van der Waals surface area contributed by atoms with E-state index in [1.807, 2.05) is 48.5 Å². The molecule has 1 atom stereocenters. The zero-order valence-corrected chi connectivity index (χ0v) is 18.6. The number of nitrogens with one attached hydrogen (secondary N) is 1. The van der Waals surface area contributed by atoms with Crippen molar-refractivity contribution in [1.29, 1.82) is 0 Å². The van der Waals surface area contributed by atoms with Gasteiger partial charge in [0.25, 0.3) is 11.4 Å². The molecule has 1 aliphatic heterocycles. The predicted molar refractivity (Wildman–Crippen MR) is 122 cm³/mol. The van der Waals surface area contributed by atoms with Gasteiger partial charge in [-0.05, 0) is 23.8 Å². The minimum Gasteiger partial charge on any atom is -0.497 e. The van der Waals surface area contributed by atoms with Crippen molar-refractivity contribution in [2.45, 2.75) is 12.8 Å². The largest absolute Gasteiger partial charge is 0.497 e. The van der Waals surface area contributed by atoms with Gasteiger partial charge in [0.2, 0.25) is 0 Å². The van der Waals surface area contributed by atoms with Gasteiger partial charge in [0.15, 0.2) is 0 Å². The summed E-state index contributed by atoms with van der Waals surface area (Å²) in [7, 11) is 4.67. The quantitative estimate of drug-likeness (QED) is 0.601. The highest BCUT2D eigenvalue weighted by Crippen LogP contribution is 2.45. The lowest BCUT2D eigenvalue weighted by Gasteiger charge is -2.24. The second kappa shape index (κ2) is 7.44. The fourth-order valence-electron chi connectivity index (χ4n) is 4.64. The Morgan fingerprint density at radius 1 is 0.970 bits per heavy atom. The lowest BCUT2D eigenvalue weighted by Crippen LogP contribution is -2.73. The predicted octanol–water partition coefficient (Wildman–Crippen LogP) is 0.727. The molecule has 8 heteroatoms. The Kier molecular flexibility index (Phi) is 4.67. The molecule has 8 nitrogen and oxygen atoms in total. The van der Waals surface area contributed by atoms with E-state index in [4.69, 9.17) is 9.47 Å². The van der Waals surface area contributed by atoms with Gasteiger partial charge >= 0.3 is 11.7 Å². The maximum Gasteiger partial charge on any atom is 0.417 e. The Bertz CT molecular complexity index is 1510. The number of aromatic nitrogens is 2. The summed E-state index contributed by atoms with van der Waals surface area (Å²) < 4.78 is 13.6. The maximum absolute atomic E-state index is 13.4. The monoisotopic (exact) mass is 444 g/mol. The molecule has 0 amide bonds. The van der Waals surface area contributed by atoms with Crippen LogP contribution in [0.5, 0.6) is 5.75 Å². The molecule has 0 bridgehead atoms. The molecular formula is C25H22N3O5+. The number of benzene rings is 2. The highest BCUT2D eigenvalue weighted by Gasteiger charge is 2.45. The van der Waals surface area contributed by atoms with Crippen molar-refractivity contribution < 1.29 is 19.3 Å². The number of rotatable bonds is 3. The Balaban J connectivity index is 1.92. The average Bonchev–Trinajstić information content (AvgIpc) is 3.13. The molecule has 33 heavy (non-hydrogen) atoms. The Morgan fingerprint density at radius 3 is 2.27 bits per heavy atom. The first kappa shape index (κ1) is 20.7. The van der Waals surface area contributed by atoms with Crippen LogP contribution in [-0.2, 0) is 23.6 Å². The molecule has 0 saturated carbocycles. The number of carbonyl (C=O) groups excluding carboxylic acids is 1. The molecule has 1 unspecified atom stereocenters. The smallest absolute Gasteiger partial charge is 0.417 e. The summed E-state index contributed by atoms with van der Waals surface area (Å²) in [5, 5.41) is 0. The molecule has 5 rings (SSSR count). The SMILES string of the molecule is COc1ccc(C2C3=C(OC(C)=O)c4ccccc4C3=[NH+]c3c2c(=O)n(C)c(=O)n3C)cc1. The fraction of sp³-hybridized carbons (Fsp3) is 0.200. The average molecular weight is 444 g/mol. The van der Waals surface area contributed by atoms with E-state index in [0.717, 1.165) is 21.3 Å². The number of fused-ring (bicyclic) bond motifs is 4.